The Hall–Kier alpha value is -1.22. The summed E-state index contributed by atoms with van der Waals surface area (Å²) in [6.45, 7) is 9.02. The zero-order valence-electron chi connectivity index (χ0n) is 10.1. The molecule has 2 rings (SSSR count). The average Bonchev–Trinajstić information content (AvgIpc) is 2.55. The van der Waals surface area contributed by atoms with Gasteiger partial charge in [-0.3, -0.25) is 0 Å². The maximum atomic E-state index is 5.74. The van der Waals surface area contributed by atoms with Crippen molar-refractivity contribution >= 4 is 5.69 Å². The summed E-state index contributed by atoms with van der Waals surface area (Å²) in [5, 5.41) is 3.34. The normalized spacial score (nSPS) is 14.9. The van der Waals surface area contributed by atoms with Gasteiger partial charge in [-0.15, -0.1) is 0 Å². The molecule has 1 heterocycles. The Morgan fingerprint density at radius 3 is 2.88 bits per heavy atom. The highest BCUT2D eigenvalue weighted by Crippen LogP contribution is 2.26. The van der Waals surface area contributed by atoms with E-state index < -0.39 is 0 Å². The highest BCUT2D eigenvalue weighted by molar-refractivity contribution is 5.54. The monoisotopic (exact) mass is 220 g/mol. The number of hydrogen-bond donors (Lipinski definition) is 1. The van der Waals surface area contributed by atoms with Gasteiger partial charge in [-0.25, -0.2) is 0 Å². The second kappa shape index (κ2) is 5.21. The van der Waals surface area contributed by atoms with Crippen LogP contribution in [0.2, 0.25) is 0 Å². The molecule has 1 aliphatic heterocycles. The third-order valence-electron chi connectivity index (χ3n) is 3.03. The van der Waals surface area contributed by atoms with Crippen LogP contribution in [0.15, 0.2) is 18.2 Å². The first-order chi connectivity index (χ1) is 7.85. The summed E-state index contributed by atoms with van der Waals surface area (Å²) in [6, 6.07) is 6.51. The first-order valence-corrected chi connectivity index (χ1v) is 6.06. The van der Waals surface area contributed by atoms with Gasteiger partial charge in [0.15, 0.2) is 0 Å². The fraction of sp³-hybridized carbons (Fsp3) is 0.538. The van der Waals surface area contributed by atoms with E-state index in [1.54, 1.807) is 0 Å². The molecule has 1 aromatic carbocycles. The molecule has 0 saturated heterocycles. The van der Waals surface area contributed by atoms with Crippen LogP contribution in [0.1, 0.15) is 19.4 Å². The number of nitrogens with one attached hydrogen (secondary N) is 1. The molecule has 0 saturated carbocycles. The highest BCUT2D eigenvalue weighted by atomic mass is 16.5. The molecule has 0 bridgehead atoms. The SMILES string of the molecule is CCN(CC)c1ccc2c(c1)OCCNC2. The van der Waals surface area contributed by atoms with Gasteiger partial charge in [0.25, 0.3) is 0 Å². The second-order valence-corrected chi connectivity index (χ2v) is 3.99. The first-order valence-electron chi connectivity index (χ1n) is 6.06. The van der Waals surface area contributed by atoms with E-state index in [9.17, 15) is 0 Å². The van der Waals surface area contributed by atoms with Crippen LogP contribution in [-0.4, -0.2) is 26.2 Å². The number of nitrogens with zero attached hydrogens (tertiary/aromatic N) is 1. The molecule has 0 aromatic heterocycles. The maximum absolute atomic E-state index is 5.74. The van der Waals surface area contributed by atoms with E-state index in [1.807, 2.05) is 0 Å². The Labute approximate surface area is 97.4 Å². The molecule has 0 atom stereocenters. The van der Waals surface area contributed by atoms with Gasteiger partial charge in [0.1, 0.15) is 12.4 Å². The van der Waals surface area contributed by atoms with Crippen LogP contribution in [0, 0.1) is 0 Å². The standard InChI is InChI=1S/C13H20N2O/c1-3-15(4-2)12-6-5-11-10-14-7-8-16-13(11)9-12/h5-6,9,14H,3-4,7-8,10H2,1-2H3. The molecule has 16 heavy (non-hydrogen) atoms. The molecule has 3 nitrogen and oxygen atoms in total. The van der Waals surface area contributed by atoms with Gasteiger partial charge in [0.2, 0.25) is 0 Å². The van der Waals surface area contributed by atoms with E-state index in [4.69, 9.17) is 4.74 Å². The highest BCUT2D eigenvalue weighted by Gasteiger charge is 2.10. The molecule has 88 valence electrons. The molecule has 0 radical (unpaired) electrons. The lowest BCUT2D eigenvalue weighted by molar-refractivity contribution is 0.326. The van der Waals surface area contributed by atoms with Gasteiger partial charge in [0.05, 0.1) is 0 Å². The number of ether oxygens (including phenoxy) is 1. The van der Waals surface area contributed by atoms with Gasteiger partial charge in [-0.05, 0) is 19.9 Å². The van der Waals surface area contributed by atoms with E-state index in [0.717, 1.165) is 38.5 Å². The summed E-state index contributed by atoms with van der Waals surface area (Å²) >= 11 is 0. The first kappa shape index (κ1) is 11.3. The van der Waals surface area contributed by atoms with Crippen LogP contribution >= 0.6 is 0 Å². The van der Waals surface area contributed by atoms with Gasteiger partial charge in [0, 0.05) is 43.5 Å². The van der Waals surface area contributed by atoms with Crippen molar-refractivity contribution in [2.45, 2.75) is 20.4 Å². The molecule has 0 aliphatic carbocycles. The van der Waals surface area contributed by atoms with Gasteiger partial charge in [-0.1, -0.05) is 6.07 Å². The molecule has 0 fully saturated rings. The van der Waals surface area contributed by atoms with E-state index in [2.05, 4.69) is 42.3 Å². The van der Waals surface area contributed by atoms with Crippen molar-refractivity contribution in [1.82, 2.24) is 5.32 Å². The minimum absolute atomic E-state index is 0.759. The van der Waals surface area contributed by atoms with Gasteiger partial charge >= 0.3 is 0 Å². The molecule has 0 spiro atoms. The van der Waals surface area contributed by atoms with E-state index in [1.165, 1.54) is 11.3 Å². The van der Waals surface area contributed by atoms with Crippen LogP contribution in [0.3, 0.4) is 0 Å². The largest absolute Gasteiger partial charge is 0.492 e. The number of hydrogen-bond acceptors (Lipinski definition) is 3. The minimum atomic E-state index is 0.759. The van der Waals surface area contributed by atoms with Crippen LogP contribution in [0.5, 0.6) is 5.75 Å². The lowest BCUT2D eigenvalue weighted by atomic mass is 10.1. The Balaban J connectivity index is 2.26. The zero-order chi connectivity index (χ0) is 11.4. The molecule has 0 amide bonds. The number of anilines is 1. The molecular weight excluding hydrogens is 200 g/mol. The van der Waals surface area contributed by atoms with Crippen molar-refractivity contribution < 1.29 is 4.74 Å². The van der Waals surface area contributed by atoms with E-state index in [0.29, 0.717) is 0 Å². The average molecular weight is 220 g/mol. The second-order valence-electron chi connectivity index (χ2n) is 3.99. The fourth-order valence-electron chi connectivity index (χ4n) is 2.07. The van der Waals surface area contributed by atoms with Gasteiger partial charge < -0.3 is 15.0 Å². The van der Waals surface area contributed by atoms with E-state index >= 15 is 0 Å². The summed E-state index contributed by atoms with van der Waals surface area (Å²) in [7, 11) is 0. The van der Waals surface area contributed by atoms with Crippen molar-refractivity contribution in [2.75, 3.05) is 31.1 Å². The van der Waals surface area contributed by atoms with Crippen molar-refractivity contribution in [2.24, 2.45) is 0 Å². The Morgan fingerprint density at radius 2 is 2.12 bits per heavy atom. The number of rotatable bonds is 3. The Kier molecular flexibility index (Phi) is 3.67. The number of benzene rings is 1. The predicted octanol–water partition coefficient (Wildman–Crippen LogP) is 2.01. The Bertz CT molecular complexity index is 348. The molecule has 0 unspecified atom stereocenters. The van der Waals surface area contributed by atoms with Crippen LogP contribution in [0.25, 0.3) is 0 Å². The van der Waals surface area contributed by atoms with Crippen LogP contribution in [-0.2, 0) is 6.54 Å². The quantitative estimate of drug-likeness (QED) is 0.843. The van der Waals surface area contributed by atoms with Gasteiger partial charge in [-0.2, -0.15) is 0 Å². The molecular formula is C13H20N2O. The fourth-order valence-corrected chi connectivity index (χ4v) is 2.07. The zero-order valence-corrected chi connectivity index (χ0v) is 10.1. The van der Waals surface area contributed by atoms with Crippen molar-refractivity contribution in [1.29, 1.82) is 0 Å². The molecule has 1 N–H and O–H groups in total. The lowest BCUT2D eigenvalue weighted by Crippen LogP contribution is -2.21. The predicted molar refractivity (Wildman–Crippen MR) is 67.2 cm³/mol. The van der Waals surface area contributed by atoms with Crippen molar-refractivity contribution in [3.63, 3.8) is 0 Å². The summed E-state index contributed by atoms with van der Waals surface area (Å²) in [4.78, 5) is 2.34. The molecule has 1 aliphatic rings. The third kappa shape index (κ3) is 2.30. The van der Waals surface area contributed by atoms with Crippen LogP contribution in [0.4, 0.5) is 5.69 Å². The summed E-state index contributed by atoms with van der Waals surface area (Å²) < 4.78 is 5.74. The summed E-state index contributed by atoms with van der Waals surface area (Å²) in [6.07, 6.45) is 0. The molecule has 1 aromatic rings. The smallest absolute Gasteiger partial charge is 0.125 e. The number of fused-ring (bicyclic) bond motifs is 1. The van der Waals surface area contributed by atoms with Crippen LogP contribution < -0.4 is 15.0 Å². The van der Waals surface area contributed by atoms with Crippen molar-refractivity contribution in [3.05, 3.63) is 23.8 Å². The maximum Gasteiger partial charge on any atom is 0.125 e. The lowest BCUT2D eigenvalue weighted by Gasteiger charge is -2.22. The van der Waals surface area contributed by atoms with Crippen molar-refractivity contribution in [3.8, 4) is 5.75 Å². The topological polar surface area (TPSA) is 24.5 Å². The third-order valence-corrected chi connectivity index (χ3v) is 3.03. The minimum Gasteiger partial charge on any atom is -0.492 e. The van der Waals surface area contributed by atoms with E-state index in [-0.39, 0.29) is 0 Å². The molecule has 3 heteroatoms. The Morgan fingerprint density at radius 1 is 1.31 bits per heavy atom. The summed E-state index contributed by atoms with van der Waals surface area (Å²) in [5.41, 5.74) is 2.51. The summed E-state index contributed by atoms with van der Waals surface area (Å²) in [5.74, 6) is 1.04.